The molecule has 0 spiro atoms. The van der Waals surface area contributed by atoms with Gasteiger partial charge in [0.1, 0.15) is 5.82 Å². The topological polar surface area (TPSA) is 32.3 Å². The molecular formula is C9H8ClF4NO. The van der Waals surface area contributed by atoms with Crippen molar-refractivity contribution in [3.05, 3.63) is 29.0 Å². The van der Waals surface area contributed by atoms with Crippen molar-refractivity contribution in [3.8, 4) is 0 Å². The van der Waals surface area contributed by atoms with Crippen LogP contribution in [0.15, 0.2) is 18.2 Å². The van der Waals surface area contributed by atoms with E-state index in [1.165, 1.54) is 12.1 Å². The van der Waals surface area contributed by atoms with Crippen LogP contribution in [-0.4, -0.2) is 23.9 Å². The van der Waals surface area contributed by atoms with Crippen LogP contribution in [0.5, 0.6) is 0 Å². The Bertz CT molecular complexity index is 369. The van der Waals surface area contributed by atoms with Crippen LogP contribution >= 0.6 is 11.6 Å². The summed E-state index contributed by atoms with van der Waals surface area (Å²) in [5.41, 5.74) is 0.116. The van der Waals surface area contributed by atoms with Crippen molar-refractivity contribution >= 4 is 17.3 Å². The number of benzene rings is 1. The molecule has 0 saturated carbocycles. The third-order valence-corrected chi connectivity index (χ3v) is 2.10. The first-order valence-electron chi connectivity index (χ1n) is 4.24. The van der Waals surface area contributed by atoms with Crippen molar-refractivity contribution in [1.82, 2.24) is 0 Å². The summed E-state index contributed by atoms with van der Waals surface area (Å²) in [5.74, 6) is -0.742. The molecule has 2 N–H and O–H groups in total. The number of halogens is 5. The van der Waals surface area contributed by atoms with E-state index in [9.17, 15) is 17.6 Å². The Morgan fingerprint density at radius 3 is 2.50 bits per heavy atom. The van der Waals surface area contributed by atoms with E-state index in [4.69, 9.17) is 16.7 Å². The number of aliphatic hydroxyl groups is 1. The van der Waals surface area contributed by atoms with Gasteiger partial charge in [0.2, 0.25) is 0 Å². The molecule has 1 aromatic rings. The molecule has 1 atom stereocenters. The van der Waals surface area contributed by atoms with Crippen LogP contribution in [-0.2, 0) is 0 Å². The van der Waals surface area contributed by atoms with Gasteiger partial charge in [-0.25, -0.2) is 4.39 Å². The molecule has 0 fully saturated rings. The molecule has 0 amide bonds. The molecule has 0 aliphatic carbocycles. The number of aliphatic hydroxyl groups excluding tert-OH is 1. The number of anilines is 1. The van der Waals surface area contributed by atoms with Gasteiger partial charge in [-0.05, 0) is 18.2 Å². The minimum atomic E-state index is -4.70. The van der Waals surface area contributed by atoms with E-state index in [0.717, 1.165) is 6.07 Å². The smallest absolute Gasteiger partial charge is 0.382 e. The highest BCUT2D eigenvalue weighted by atomic mass is 35.5. The molecule has 2 nitrogen and oxygen atoms in total. The van der Waals surface area contributed by atoms with E-state index in [1.807, 2.05) is 0 Å². The molecule has 0 saturated heterocycles. The van der Waals surface area contributed by atoms with Gasteiger partial charge in [-0.1, -0.05) is 11.6 Å². The van der Waals surface area contributed by atoms with Gasteiger partial charge < -0.3 is 10.4 Å². The lowest BCUT2D eigenvalue weighted by Gasteiger charge is -2.15. The van der Waals surface area contributed by atoms with Gasteiger partial charge in [0.15, 0.2) is 6.10 Å². The molecule has 0 aromatic heterocycles. The Hall–Kier alpha value is -1.01. The second-order valence-corrected chi connectivity index (χ2v) is 3.47. The maximum absolute atomic E-state index is 12.9. The summed E-state index contributed by atoms with van der Waals surface area (Å²) in [6.07, 6.45) is -7.19. The molecule has 0 aliphatic rings. The highest BCUT2D eigenvalue weighted by Gasteiger charge is 2.37. The van der Waals surface area contributed by atoms with Crippen molar-refractivity contribution in [2.45, 2.75) is 12.3 Å². The Kier molecular flexibility index (Phi) is 3.98. The predicted octanol–water partition coefficient (Wildman–Crippen LogP) is 2.81. The van der Waals surface area contributed by atoms with Crippen LogP contribution in [0.4, 0.5) is 23.2 Å². The Labute approximate surface area is 93.8 Å². The quantitative estimate of drug-likeness (QED) is 0.816. The zero-order chi connectivity index (χ0) is 12.3. The van der Waals surface area contributed by atoms with Gasteiger partial charge in [-0.15, -0.1) is 0 Å². The van der Waals surface area contributed by atoms with Gasteiger partial charge in [-0.2, -0.15) is 13.2 Å². The zero-order valence-corrected chi connectivity index (χ0v) is 8.61. The highest BCUT2D eigenvalue weighted by Crippen LogP contribution is 2.22. The number of alkyl halides is 3. The molecule has 7 heteroatoms. The molecule has 1 unspecified atom stereocenters. The van der Waals surface area contributed by atoms with Crippen molar-refractivity contribution in [2.75, 3.05) is 11.9 Å². The van der Waals surface area contributed by atoms with Crippen LogP contribution in [0.25, 0.3) is 0 Å². The molecule has 1 rings (SSSR count). The van der Waals surface area contributed by atoms with Crippen molar-refractivity contribution in [2.24, 2.45) is 0 Å². The zero-order valence-electron chi connectivity index (χ0n) is 7.85. The minimum absolute atomic E-state index is 0.116. The van der Waals surface area contributed by atoms with E-state index < -0.39 is 24.6 Å². The predicted molar refractivity (Wildman–Crippen MR) is 52.0 cm³/mol. The fraction of sp³-hybridized carbons (Fsp3) is 0.333. The first-order valence-corrected chi connectivity index (χ1v) is 4.62. The van der Waals surface area contributed by atoms with Gasteiger partial charge in [0.25, 0.3) is 0 Å². The SMILES string of the molecule is OC(CNc1ccc(Cl)c(F)c1)C(F)(F)F. The molecule has 0 radical (unpaired) electrons. The van der Waals surface area contributed by atoms with Crippen LogP contribution in [0.1, 0.15) is 0 Å². The molecule has 1 aromatic carbocycles. The lowest BCUT2D eigenvalue weighted by Crippen LogP contribution is -2.35. The lowest BCUT2D eigenvalue weighted by molar-refractivity contribution is -0.198. The maximum Gasteiger partial charge on any atom is 0.416 e. The summed E-state index contributed by atoms with van der Waals surface area (Å²) in [6, 6.07) is 3.47. The van der Waals surface area contributed by atoms with Crippen LogP contribution < -0.4 is 5.32 Å². The summed E-state index contributed by atoms with van der Waals surface area (Å²) < 4.78 is 48.6. The van der Waals surface area contributed by atoms with Crippen LogP contribution in [0, 0.1) is 5.82 Å². The van der Waals surface area contributed by atoms with Gasteiger partial charge in [0.05, 0.1) is 5.02 Å². The summed E-state index contributed by atoms with van der Waals surface area (Å²) in [6.45, 7) is -0.745. The minimum Gasteiger partial charge on any atom is -0.382 e. The monoisotopic (exact) mass is 257 g/mol. The molecule has 16 heavy (non-hydrogen) atoms. The fourth-order valence-electron chi connectivity index (χ4n) is 0.936. The van der Waals surface area contributed by atoms with E-state index in [1.54, 1.807) is 0 Å². The molecule has 0 aliphatic heterocycles. The summed E-state index contributed by atoms with van der Waals surface area (Å²) in [7, 11) is 0. The maximum atomic E-state index is 12.9. The molecule has 90 valence electrons. The second-order valence-electron chi connectivity index (χ2n) is 3.07. The summed E-state index contributed by atoms with van der Waals surface area (Å²) in [4.78, 5) is 0. The average Bonchev–Trinajstić information content (AvgIpc) is 2.18. The number of rotatable bonds is 3. The second kappa shape index (κ2) is 4.88. The van der Waals surface area contributed by atoms with E-state index in [0.29, 0.717) is 0 Å². The Morgan fingerprint density at radius 1 is 1.38 bits per heavy atom. The lowest BCUT2D eigenvalue weighted by atomic mass is 10.3. The van der Waals surface area contributed by atoms with Gasteiger partial charge >= 0.3 is 6.18 Å². The van der Waals surface area contributed by atoms with Gasteiger partial charge in [0, 0.05) is 12.2 Å². The molecular weight excluding hydrogens is 250 g/mol. The number of nitrogens with one attached hydrogen (secondary N) is 1. The average molecular weight is 258 g/mol. The van der Waals surface area contributed by atoms with E-state index >= 15 is 0 Å². The largest absolute Gasteiger partial charge is 0.416 e. The Balaban J connectivity index is 2.58. The van der Waals surface area contributed by atoms with Gasteiger partial charge in [-0.3, -0.25) is 0 Å². The van der Waals surface area contributed by atoms with E-state index in [-0.39, 0.29) is 10.7 Å². The summed E-state index contributed by atoms with van der Waals surface area (Å²) in [5, 5.41) is 10.8. The van der Waals surface area contributed by atoms with Crippen LogP contribution in [0.2, 0.25) is 5.02 Å². The van der Waals surface area contributed by atoms with Crippen molar-refractivity contribution in [1.29, 1.82) is 0 Å². The van der Waals surface area contributed by atoms with Crippen molar-refractivity contribution in [3.63, 3.8) is 0 Å². The standard InChI is InChI=1S/C9H8ClF4NO/c10-6-2-1-5(3-7(6)11)15-4-8(16)9(12,13)14/h1-3,8,15-16H,4H2. The molecule has 0 bridgehead atoms. The van der Waals surface area contributed by atoms with Crippen molar-refractivity contribution < 1.29 is 22.7 Å². The normalized spacial score (nSPS) is 13.6. The van der Waals surface area contributed by atoms with Crippen LogP contribution in [0.3, 0.4) is 0 Å². The fourth-order valence-corrected chi connectivity index (χ4v) is 1.05. The first-order chi connectivity index (χ1) is 7.30. The third-order valence-electron chi connectivity index (χ3n) is 1.80. The number of hydrogen-bond donors (Lipinski definition) is 2. The molecule has 0 heterocycles. The third kappa shape index (κ3) is 3.53. The van der Waals surface area contributed by atoms with E-state index in [2.05, 4.69) is 5.32 Å². The first kappa shape index (κ1) is 13.1. The summed E-state index contributed by atoms with van der Waals surface area (Å²) >= 11 is 5.38. The number of hydrogen-bond acceptors (Lipinski definition) is 2. The Morgan fingerprint density at radius 2 is 2.00 bits per heavy atom. The highest BCUT2D eigenvalue weighted by molar-refractivity contribution is 6.30.